The summed E-state index contributed by atoms with van der Waals surface area (Å²) < 4.78 is 13.6. The summed E-state index contributed by atoms with van der Waals surface area (Å²) in [5.74, 6) is -0.306. The van der Waals surface area contributed by atoms with Gasteiger partial charge in [0.25, 0.3) is 5.91 Å². The second-order valence-corrected chi connectivity index (χ2v) is 7.29. The van der Waals surface area contributed by atoms with E-state index in [1.165, 1.54) is 21.4 Å². The summed E-state index contributed by atoms with van der Waals surface area (Å²) in [4.78, 5) is 14.9. The van der Waals surface area contributed by atoms with Crippen molar-refractivity contribution in [2.45, 2.75) is 13.1 Å². The molecule has 0 radical (unpaired) electrons. The van der Waals surface area contributed by atoms with Crippen LogP contribution in [0.4, 0.5) is 4.39 Å². The molecule has 1 fully saturated rings. The number of hydrogen-bond donors (Lipinski definition) is 3. The quantitative estimate of drug-likeness (QED) is 0.655. The fourth-order valence-electron chi connectivity index (χ4n) is 3.37. The topological polar surface area (TPSA) is 38.0 Å². The fraction of sp³-hybridized carbons (Fsp3) is 0.350. The molecular weight excluding hydrogens is 353 g/mol. The molecule has 138 valence electrons. The first-order valence-corrected chi connectivity index (χ1v) is 9.39. The summed E-state index contributed by atoms with van der Waals surface area (Å²) in [5.41, 5.74) is 1.77. The molecule has 3 N–H and O–H groups in total. The predicted octanol–water partition coefficient (Wildman–Crippen LogP) is 0.0789. The molecule has 0 spiro atoms. The van der Waals surface area contributed by atoms with Crippen molar-refractivity contribution in [3.8, 4) is 0 Å². The lowest BCUT2D eigenvalue weighted by molar-refractivity contribution is -1.02. The highest BCUT2D eigenvalue weighted by Gasteiger charge is 2.24. The number of amides is 1. The lowest BCUT2D eigenvalue weighted by Gasteiger charge is -2.29. The van der Waals surface area contributed by atoms with Gasteiger partial charge in [0, 0.05) is 22.7 Å². The first-order chi connectivity index (χ1) is 12.6. The van der Waals surface area contributed by atoms with Crippen LogP contribution in [0.15, 0.2) is 48.5 Å². The third kappa shape index (κ3) is 5.53. The van der Waals surface area contributed by atoms with E-state index in [0.717, 1.165) is 37.7 Å². The summed E-state index contributed by atoms with van der Waals surface area (Å²) in [5, 5.41) is 3.60. The lowest BCUT2D eigenvalue weighted by atomic mass is 10.2. The van der Waals surface area contributed by atoms with Gasteiger partial charge in [0.15, 0.2) is 6.54 Å². The average Bonchev–Trinajstić information content (AvgIpc) is 2.63. The molecular formula is C20H25ClFN3O+2. The smallest absolute Gasteiger partial charge is 0.275 e. The van der Waals surface area contributed by atoms with E-state index in [4.69, 9.17) is 11.6 Å². The average molecular weight is 378 g/mol. The zero-order valence-electron chi connectivity index (χ0n) is 14.7. The molecule has 2 aromatic rings. The molecule has 0 atom stereocenters. The van der Waals surface area contributed by atoms with E-state index in [-0.39, 0.29) is 18.3 Å². The number of benzene rings is 2. The number of piperazine rings is 1. The van der Waals surface area contributed by atoms with Gasteiger partial charge in [-0.1, -0.05) is 41.9 Å². The van der Waals surface area contributed by atoms with Crippen LogP contribution in [0.1, 0.15) is 11.1 Å². The van der Waals surface area contributed by atoms with Gasteiger partial charge in [0.2, 0.25) is 0 Å². The van der Waals surface area contributed by atoms with Gasteiger partial charge in [-0.05, 0) is 18.2 Å². The molecule has 0 bridgehead atoms. The maximum Gasteiger partial charge on any atom is 0.275 e. The highest BCUT2D eigenvalue weighted by atomic mass is 35.5. The predicted molar refractivity (Wildman–Crippen MR) is 99.7 cm³/mol. The van der Waals surface area contributed by atoms with Crippen LogP contribution in [0, 0.1) is 5.82 Å². The Balaban J connectivity index is 1.39. The van der Waals surface area contributed by atoms with Crippen molar-refractivity contribution in [3.63, 3.8) is 0 Å². The van der Waals surface area contributed by atoms with Crippen molar-refractivity contribution in [1.29, 1.82) is 0 Å². The van der Waals surface area contributed by atoms with E-state index < -0.39 is 0 Å². The molecule has 3 rings (SSSR count). The fourth-order valence-corrected chi connectivity index (χ4v) is 3.58. The highest BCUT2D eigenvalue weighted by Crippen LogP contribution is 2.09. The molecule has 0 unspecified atom stereocenters. The van der Waals surface area contributed by atoms with E-state index in [2.05, 4.69) is 11.4 Å². The maximum atomic E-state index is 13.6. The number of rotatable bonds is 6. The third-order valence-corrected chi connectivity index (χ3v) is 5.09. The largest absolute Gasteiger partial charge is 0.347 e. The second kappa shape index (κ2) is 9.12. The Morgan fingerprint density at radius 3 is 2.50 bits per heavy atom. The van der Waals surface area contributed by atoms with Crippen LogP contribution in [-0.2, 0) is 17.9 Å². The summed E-state index contributed by atoms with van der Waals surface area (Å²) in [6.07, 6.45) is 0. The third-order valence-electron chi connectivity index (χ3n) is 4.85. The van der Waals surface area contributed by atoms with Gasteiger partial charge in [-0.2, -0.15) is 0 Å². The zero-order chi connectivity index (χ0) is 18.4. The number of halogens is 2. The van der Waals surface area contributed by atoms with Gasteiger partial charge in [0.1, 0.15) is 38.5 Å². The highest BCUT2D eigenvalue weighted by molar-refractivity contribution is 6.30. The van der Waals surface area contributed by atoms with Gasteiger partial charge in [-0.3, -0.25) is 4.79 Å². The van der Waals surface area contributed by atoms with Gasteiger partial charge in [-0.25, -0.2) is 4.39 Å². The van der Waals surface area contributed by atoms with Gasteiger partial charge < -0.3 is 15.1 Å². The zero-order valence-corrected chi connectivity index (χ0v) is 15.5. The molecule has 1 aliphatic heterocycles. The molecule has 4 nitrogen and oxygen atoms in total. The minimum Gasteiger partial charge on any atom is -0.347 e. The number of quaternary nitrogens is 2. The standard InChI is InChI=1S/C20H23ClFN3O/c21-18-6-3-4-16(12-18)14-24-8-10-25(11-9-24)15-20(26)23-13-17-5-1-2-7-19(17)22/h1-7,12H,8-11,13-15H2,(H,23,26)/p+2. The molecule has 26 heavy (non-hydrogen) atoms. The van der Waals surface area contributed by atoms with Crippen LogP contribution in [0.25, 0.3) is 0 Å². The van der Waals surface area contributed by atoms with Gasteiger partial charge >= 0.3 is 0 Å². The van der Waals surface area contributed by atoms with Crippen LogP contribution < -0.4 is 15.1 Å². The number of nitrogens with one attached hydrogen (secondary N) is 3. The van der Waals surface area contributed by atoms with E-state index in [0.29, 0.717) is 12.1 Å². The van der Waals surface area contributed by atoms with Crippen molar-refractivity contribution >= 4 is 17.5 Å². The second-order valence-electron chi connectivity index (χ2n) is 6.85. The Bertz CT molecular complexity index is 747. The molecule has 1 saturated heterocycles. The summed E-state index contributed by atoms with van der Waals surface area (Å²) in [7, 11) is 0. The minimum absolute atomic E-state index is 0.0263. The van der Waals surface area contributed by atoms with Crippen molar-refractivity contribution in [2.24, 2.45) is 0 Å². The van der Waals surface area contributed by atoms with Gasteiger partial charge in [0.05, 0.1) is 0 Å². The Labute approximate surface area is 158 Å². The monoisotopic (exact) mass is 377 g/mol. The van der Waals surface area contributed by atoms with Crippen molar-refractivity contribution in [3.05, 3.63) is 70.5 Å². The lowest BCUT2D eigenvalue weighted by Crippen LogP contribution is -3.28. The first kappa shape index (κ1) is 18.8. The minimum atomic E-state index is -0.279. The molecule has 6 heteroatoms. The Hall–Kier alpha value is -1.95. The summed E-state index contributed by atoms with van der Waals surface area (Å²) in [6, 6.07) is 14.5. The molecule has 2 aromatic carbocycles. The number of carbonyl (C=O) groups is 1. The Morgan fingerprint density at radius 1 is 1.04 bits per heavy atom. The number of hydrogen-bond acceptors (Lipinski definition) is 1. The normalized spacial score (nSPS) is 19.9. The van der Waals surface area contributed by atoms with Gasteiger partial charge in [-0.15, -0.1) is 0 Å². The van der Waals surface area contributed by atoms with E-state index in [1.807, 2.05) is 18.2 Å². The molecule has 0 saturated carbocycles. The van der Waals surface area contributed by atoms with Crippen LogP contribution in [0.2, 0.25) is 5.02 Å². The van der Waals surface area contributed by atoms with Crippen LogP contribution in [0.3, 0.4) is 0 Å². The van der Waals surface area contributed by atoms with Crippen LogP contribution in [-0.4, -0.2) is 38.6 Å². The van der Waals surface area contributed by atoms with E-state index in [1.54, 1.807) is 18.2 Å². The Morgan fingerprint density at radius 2 is 1.77 bits per heavy atom. The summed E-state index contributed by atoms with van der Waals surface area (Å²) >= 11 is 6.05. The van der Waals surface area contributed by atoms with Crippen LogP contribution >= 0.6 is 11.6 Å². The summed E-state index contributed by atoms with van der Waals surface area (Å²) in [6.45, 7) is 5.63. The van der Waals surface area contributed by atoms with Crippen LogP contribution in [0.5, 0.6) is 0 Å². The van der Waals surface area contributed by atoms with E-state index in [9.17, 15) is 9.18 Å². The molecule has 0 aliphatic carbocycles. The molecule has 0 aromatic heterocycles. The SMILES string of the molecule is O=C(C[NH+]1CC[NH+](Cc2cccc(Cl)c2)CC1)NCc1ccccc1F. The van der Waals surface area contributed by atoms with E-state index >= 15 is 0 Å². The van der Waals surface area contributed by atoms with Crippen molar-refractivity contribution in [1.82, 2.24) is 5.32 Å². The molecule has 1 amide bonds. The Kier molecular flexibility index (Phi) is 6.61. The molecule has 1 aliphatic rings. The van der Waals surface area contributed by atoms with Crippen molar-refractivity contribution in [2.75, 3.05) is 32.7 Å². The van der Waals surface area contributed by atoms with Crippen molar-refractivity contribution < 1.29 is 19.0 Å². The number of carbonyl (C=O) groups excluding carboxylic acids is 1. The maximum absolute atomic E-state index is 13.6. The first-order valence-electron chi connectivity index (χ1n) is 9.02. The molecule has 1 heterocycles.